The number of hydrogen-bond acceptors (Lipinski definition) is 5. The van der Waals surface area contributed by atoms with Gasteiger partial charge in [-0.1, -0.05) is 0 Å². The van der Waals surface area contributed by atoms with Gasteiger partial charge in [-0.05, 0) is 62.4 Å². The molecule has 0 amide bonds. The first-order chi connectivity index (χ1) is 17.9. The lowest BCUT2D eigenvalue weighted by Gasteiger charge is -2.41. The number of likely N-dealkylation sites (tertiary alicyclic amines) is 1. The number of methoxy groups -OCH3 is 1. The van der Waals surface area contributed by atoms with Crippen LogP contribution in [-0.4, -0.2) is 54.9 Å². The highest BCUT2D eigenvalue weighted by Gasteiger charge is 2.35. The van der Waals surface area contributed by atoms with Crippen LogP contribution in [-0.2, 0) is 6.67 Å². The molecule has 2 aromatic carbocycles. The van der Waals surface area contributed by atoms with E-state index in [2.05, 4.69) is 9.88 Å². The molecular weight excluding hydrogens is 488 g/mol. The Morgan fingerprint density at radius 3 is 2.46 bits per heavy atom. The second-order valence-electron chi connectivity index (χ2n) is 9.67. The summed E-state index contributed by atoms with van der Waals surface area (Å²) in [7, 11) is 1.52. The van der Waals surface area contributed by atoms with Gasteiger partial charge in [0, 0.05) is 54.1 Å². The Kier molecular flexibility index (Phi) is 8.87. The topological polar surface area (TPSA) is 54.8 Å². The molecule has 0 aliphatic carbocycles. The zero-order chi connectivity index (χ0) is 26.4. The van der Waals surface area contributed by atoms with Crippen molar-refractivity contribution in [3.05, 3.63) is 65.4 Å². The Bertz CT molecular complexity index is 1180. The summed E-state index contributed by atoms with van der Waals surface area (Å²) < 4.78 is 66.8. The van der Waals surface area contributed by atoms with Gasteiger partial charge >= 0.3 is 0 Å². The van der Waals surface area contributed by atoms with Crippen molar-refractivity contribution in [3.8, 4) is 11.5 Å². The summed E-state index contributed by atoms with van der Waals surface area (Å²) in [6, 6.07) is 8.22. The van der Waals surface area contributed by atoms with Crippen LogP contribution >= 0.6 is 0 Å². The van der Waals surface area contributed by atoms with Crippen LogP contribution in [0.15, 0.2) is 42.6 Å². The van der Waals surface area contributed by atoms with Gasteiger partial charge in [-0.2, -0.15) is 0 Å². The Labute approximate surface area is 214 Å². The van der Waals surface area contributed by atoms with Gasteiger partial charge in [0.05, 0.1) is 12.6 Å². The molecular formula is C28H32F4N2O3. The largest absolute Gasteiger partial charge is 0.497 e. The van der Waals surface area contributed by atoms with E-state index < -0.39 is 29.9 Å². The zero-order valence-corrected chi connectivity index (χ0v) is 20.9. The predicted octanol–water partition coefficient (Wildman–Crippen LogP) is 5.94. The number of halogens is 4. The lowest BCUT2D eigenvalue weighted by atomic mass is 9.74. The number of piperidine rings is 1. The minimum absolute atomic E-state index is 0.0620. The van der Waals surface area contributed by atoms with Crippen molar-refractivity contribution >= 4 is 10.9 Å². The predicted molar refractivity (Wildman–Crippen MR) is 133 cm³/mol. The lowest BCUT2D eigenvalue weighted by molar-refractivity contribution is 0.0265. The molecule has 0 spiro atoms. The highest BCUT2D eigenvalue weighted by Crippen LogP contribution is 2.41. The van der Waals surface area contributed by atoms with E-state index >= 15 is 4.39 Å². The molecule has 5 nitrogen and oxygen atoms in total. The summed E-state index contributed by atoms with van der Waals surface area (Å²) in [6.45, 7) is 1.32. The van der Waals surface area contributed by atoms with Crippen LogP contribution in [0.25, 0.3) is 10.9 Å². The van der Waals surface area contributed by atoms with E-state index in [0.29, 0.717) is 61.1 Å². The molecule has 1 aliphatic heterocycles. The molecule has 1 aromatic heterocycles. The monoisotopic (exact) mass is 520 g/mol. The number of pyridine rings is 1. The van der Waals surface area contributed by atoms with Gasteiger partial charge in [0.1, 0.15) is 42.6 Å². The number of aliphatic hydroxyl groups excluding tert-OH is 1. The molecule has 4 rings (SSSR count). The zero-order valence-electron chi connectivity index (χ0n) is 20.9. The summed E-state index contributed by atoms with van der Waals surface area (Å²) >= 11 is 0. The Morgan fingerprint density at radius 2 is 1.81 bits per heavy atom. The number of rotatable bonds is 11. The molecule has 1 aliphatic rings. The molecule has 1 N–H and O–H groups in total. The first-order valence-corrected chi connectivity index (χ1v) is 12.4. The van der Waals surface area contributed by atoms with Gasteiger partial charge in [-0.25, -0.2) is 17.6 Å². The Hall–Kier alpha value is -2.91. The maximum atomic E-state index is 15.7. The molecule has 0 bridgehead atoms. The van der Waals surface area contributed by atoms with E-state index in [4.69, 9.17) is 9.47 Å². The van der Waals surface area contributed by atoms with Crippen LogP contribution in [0.1, 0.15) is 43.0 Å². The first kappa shape index (κ1) is 27.1. The minimum Gasteiger partial charge on any atom is -0.497 e. The minimum atomic E-state index is -1.41. The summed E-state index contributed by atoms with van der Waals surface area (Å²) in [5.41, 5.74) is 0.662. The first-order valence-electron chi connectivity index (χ1n) is 12.4. The van der Waals surface area contributed by atoms with E-state index in [-0.39, 0.29) is 30.9 Å². The van der Waals surface area contributed by atoms with Crippen LogP contribution in [0.3, 0.4) is 0 Å². The van der Waals surface area contributed by atoms with E-state index in [0.717, 1.165) is 18.2 Å². The van der Waals surface area contributed by atoms with Crippen molar-refractivity contribution in [1.29, 1.82) is 0 Å². The third-order valence-electron chi connectivity index (χ3n) is 7.35. The quantitative estimate of drug-likeness (QED) is 0.318. The smallest absolute Gasteiger partial charge is 0.129 e. The molecule has 1 saturated heterocycles. The number of hydrogen-bond donors (Lipinski definition) is 1. The molecule has 1 atom stereocenters. The second kappa shape index (κ2) is 12.1. The number of nitrogens with zero attached hydrogens (tertiary/aromatic N) is 2. The van der Waals surface area contributed by atoms with Gasteiger partial charge in [0.2, 0.25) is 0 Å². The van der Waals surface area contributed by atoms with Crippen molar-refractivity contribution in [2.75, 3.05) is 40.0 Å². The number of aromatic nitrogens is 1. The van der Waals surface area contributed by atoms with Crippen molar-refractivity contribution in [2.24, 2.45) is 5.41 Å². The molecule has 9 heteroatoms. The van der Waals surface area contributed by atoms with Gasteiger partial charge in [-0.15, -0.1) is 0 Å². The van der Waals surface area contributed by atoms with Crippen molar-refractivity contribution < 1.29 is 32.1 Å². The molecule has 0 unspecified atom stereocenters. The fourth-order valence-electron chi connectivity index (χ4n) is 5.06. The van der Waals surface area contributed by atoms with Crippen LogP contribution in [0.4, 0.5) is 17.6 Å². The van der Waals surface area contributed by atoms with E-state index in [1.807, 2.05) is 0 Å². The van der Waals surface area contributed by atoms with Crippen LogP contribution < -0.4 is 9.47 Å². The van der Waals surface area contributed by atoms with Gasteiger partial charge in [0.25, 0.3) is 0 Å². The fourth-order valence-corrected chi connectivity index (χ4v) is 5.06. The van der Waals surface area contributed by atoms with Crippen LogP contribution in [0.2, 0.25) is 0 Å². The van der Waals surface area contributed by atoms with Crippen LogP contribution in [0.5, 0.6) is 11.5 Å². The van der Waals surface area contributed by atoms with E-state index in [9.17, 15) is 18.3 Å². The van der Waals surface area contributed by atoms with Crippen LogP contribution in [0, 0.1) is 17.0 Å². The standard InChI is InChI=1S/C28H32F4N2O3/c1-36-22-2-3-26-24(15-22)27(19(16-29)17-33-26)25(32)4-5-28(18-35)6-8-34(9-7-28)10-11-37-23-13-20(30)12-21(31)14-23/h2-3,12-15,17,25,35H,4-11,16,18H2,1H3/t25-/m0/s1. The number of aliphatic hydroxyl groups is 1. The molecule has 2 heterocycles. The van der Waals surface area contributed by atoms with Gasteiger partial charge in [0.15, 0.2) is 0 Å². The molecule has 200 valence electrons. The SMILES string of the molecule is COc1ccc2ncc(CF)c([C@@H](F)CCC3(CO)CCN(CCOc4cc(F)cc(F)c4)CC3)c2c1. The third-order valence-corrected chi connectivity index (χ3v) is 7.35. The normalized spacial score (nSPS) is 16.6. The molecule has 0 radical (unpaired) electrons. The number of ether oxygens (including phenoxy) is 2. The Morgan fingerprint density at radius 1 is 1.08 bits per heavy atom. The molecule has 0 saturated carbocycles. The molecule has 37 heavy (non-hydrogen) atoms. The summed E-state index contributed by atoms with van der Waals surface area (Å²) in [5.74, 6) is -0.694. The second-order valence-corrected chi connectivity index (χ2v) is 9.67. The summed E-state index contributed by atoms with van der Waals surface area (Å²) in [5, 5.41) is 10.7. The maximum Gasteiger partial charge on any atom is 0.129 e. The summed E-state index contributed by atoms with van der Waals surface area (Å²) in [4.78, 5) is 6.41. The number of fused-ring (bicyclic) bond motifs is 1. The maximum absolute atomic E-state index is 15.7. The van der Waals surface area contributed by atoms with Gasteiger partial charge in [-0.3, -0.25) is 9.88 Å². The molecule has 3 aromatic rings. The number of alkyl halides is 2. The fraction of sp³-hybridized carbons (Fsp3) is 0.464. The average Bonchev–Trinajstić information content (AvgIpc) is 2.91. The van der Waals surface area contributed by atoms with E-state index in [1.165, 1.54) is 13.3 Å². The highest BCUT2D eigenvalue weighted by molar-refractivity contribution is 5.85. The van der Waals surface area contributed by atoms with Crippen molar-refractivity contribution in [2.45, 2.75) is 38.5 Å². The van der Waals surface area contributed by atoms with Crippen molar-refractivity contribution in [1.82, 2.24) is 9.88 Å². The molecule has 1 fully saturated rings. The van der Waals surface area contributed by atoms with Crippen molar-refractivity contribution in [3.63, 3.8) is 0 Å². The highest BCUT2D eigenvalue weighted by atomic mass is 19.1. The third kappa shape index (κ3) is 6.51. The summed E-state index contributed by atoms with van der Waals surface area (Å²) in [6.07, 6.45) is 1.93. The Balaban J connectivity index is 1.35. The average molecular weight is 521 g/mol. The van der Waals surface area contributed by atoms with Gasteiger partial charge < -0.3 is 14.6 Å². The van der Waals surface area contributed by atoms with E-state index in [1.54, 1.807) is 18.2 Å². The number of benzene rings is 2. The lowest BCUT2D eigenvalue weighted by Crippen LogP contribution is -2.43.